The smallest absolute Gasteiger partial charge is 0.255 e. The van der Waals surface area contributed by atoms with Crippen LogP contribution in [0.3, 0.4) is 0 Å². The lowest BCUT2D eigenvalue weighted by Crippen LogP contribution is -2.21. The number of nitrogens with zero attached hydrogens (tertiary/aromatic N) is 2. The number of hydrogen-bond acceptors (Lipinski definition) is 4. The number of ketones is 1. The average molecular weight is 438 g/mol. The molecule has 0 spiro atoms. The SMILES string of the molecule is Cn1ccnc1C(=O)c1ccc(NC(=O)C2=Cc3cc(Br)ccc3OC2)cc1. The standard InChI is InChI=1S/C21H16BrN3O3/c1-25-9-8-23-20(25)19(26)13-2-5-17(6-3-13)24-21(27)15-10-14-11-16(22)4-7-18(14)28-12-15/h2-11H,12H2,1H3,(H,24,27). The molecule has 1 amide bonds. The number of aromatic nitrogens is 2. The molecule has 3 aromatic rings. The van der Waals surface area contributed by atoms with E-state index in [2.05, 4.69) is 26.2 Å². The third-order valence-corrected chi connectivity index (χ3v) is 4.90. The second kappa shape index (κ2) is 7.44. The van der Waals surface area contributed by atoms with Gasteiger partial charge in [-0.15, -0.1) is 0 Å². The molecule has 0 radical (unpaired) electrons. The molecule has 1 N–H and O–H groups in total. The minimum absolute atomic E-state index is 0.170. The average Bonchev–Trinajstić information content (AvgIpc) is 3.13. The zero-order valence-electron chi connectivity index (χ0n) is 15.0. The third kappa shape index (κ3) is 3.61. The van der Waals surface area contributed by atoms with Crippen molar-refractivity contribution in [3.8, 4) is 5.75 Å². The van der Waals surface area contributed by atoms with E-state index < -0.39 is 0 Å². The van der Waals surface area contributed by atoms with E-state index >= 15 is 0 Å². The lowest BCUT2D eigenvalue weighted by atomic mass is 10.1. The summed E-state index contributed by atoms with van der Waals surface area (Å²) in [6, 6.07) is 12.4. The van der Waals surface area contributed by atoms with Crippen LogP contribution < -0.4 is 10.1 Å². The number of fused-ring (bicyclic) bond motifs is 1. The van der Waals surface area contributed by atoms with Gasteiger partial charge in [0, 0.05) is 40.7 Å². The molecular weight excluding hydrogens is 422 g/mol. The Morgan fingerprint density at radius 1 is 1.18 bits per heavy atom. The van der Waals surface area contributed by atoms with Crippen molar-refractivity contribution >= 4 is 39.4 Å². The molecule has 1 aliphatic rings. The molecule has 2 heterocycles. The molecule has 0 bridgehead atoms. The molecule has 0 saturated carbocycles. The van der Waals surface area contributed by atoms with Gasteiger partial charge in [-0.2, -0.15) is 0 Å². The van der Waals surface area contributed by atoms with Crippen molar-refractivity contribution in [2.45, 2.75) is 0 Å². The van der Waals surface area contributed by atoms with Gasteiger partial charge in [0.2, 0.25) is 5.78 Å². The van der Waals surface area contributed by atoms with Crippen molar-refractivity contribution in [3.63, 3.8) is 0 Å². The van der Waals surface area contributed by atoms with Crippen LogP contribution in [0, 0.1) is 0 Å². The zero-order chi connectivity index (χ0) is 19.7. The van der Waals surface area contributed by atoms with E-state index in [-0.39, 0.29) is 18.3 Å². The first-order valence-corrected chi connectivity index (χ1v) is 9.37. The predicted octanol–water partition coefficient (Wildman–Crippen LogP) is 3.83. The van der Waals surface area contributed by atoms with Gasteiger partial charge in [0.05, 0.1) is 5.57 Å². The first-order chi connectivity index (χ1) is 13.5. The van der Waals surface area contributed by atoms with Crippen molar-refractivity contribution in [1.29, 1.82) is 0 Å². The van der Waals surface area contributed by atoms with Gasteiger partial charge in [0.1, 0.15) is 12.4 Å². The Hall–Kier alpha value is -3.19. The summed E-state index contributed by atoms with van der Waals surface area (Å²) in [7, 11) is 1.77. The minimum atomic E-state index is -0.242. The molecule has 7 heteroatoms. The fourth-order valence-electron chi connectivity index (χ4n) is 2.91. The molecule has 28 heavy (non-hydrogen) atoms. The van der Waals surface area contributed by atoms with Crippen LogP contribution in [0.4, 0.5) is 5.69 Å². The summed E-state index contributed by atoms with van der Waals surface area (Å²) < 4.78 is 8.24. The number of amides is 1. The van der Waals surface area contributed by atoms with E-state index in [9.17, 15) is 9.59 Å². The lowest BCUT2D eigenvalue weighted by Gasteiger charge is -2.18. The minimum Gasteiger partial charge on any atom is -0.488 e. The van der Waals surface area contributed by atoms with Gasteiger partial charge >= 0.3 is 0 Å². The Labute approximate surface area is 170 Å². The van der Waals surface area contributed by atoms with Gasteiger partial charge in [-0.1, -0.05) is 15.9 Å². The molecular formula is C21H16BrN3O3. The second-order valence-corrected chi connectivity index (χ2v) is 7.28. The number of benzene rings is 2. The van der Waals surface area contributed by atoms with Crippen molar-refractivity contribution < 1.29 is 14.3 Å². The van der Waals surface area contributed by atoms with Crippen molar-refractivity contribution in [2.24, 2.45) is 7.05 Å². The summed E-state index contributed by atoms with van der Waals surface area (Å²) in [5.41, 5.74) is 2.48. The van der Waals surface area contributed by atoms with Crippen LogP contribution in [0.15, 0.2) is 64.9 Å². The fraction of sp³-hybridized carbons (Fsp3) is 0.0952. The van der Waals surface area contributed by atoms with Crippen LogP contribution in [-0.2, 0) is 11.8 Å². The number of ether oxygens (including phenoxy) is 1. The van der Waals surface area contributed by atoms with Gasteiger partial charge in [0.25, 0.3) is 5.91 Å². The lowest BCUT2D eigenvalue weighted by molar-refractivity contribution is -0.113. The van der Waals surface area contributed by atoms with Crippen molar-refractivity contribution in [3.05, 3.63) is 81.9 Å². The molecule has 0 aliphatic carbocycles. The van der Waals surface area contributed by atoms with Gasteiger partial charge in [-0.3, -0.25) is 9.59 Å². The van der Waals surface area contributed by atoms with E-state index in [0.717, 1.165) is 15.8 Å². The topological polar surface area (TPSA) is 73.2 Å². The maximum Gasteiger partial charge on any atom is 0.255 e. The van der Waals surface area contributed by atoms with Crippen molar-refractivity contribution in [1.82, 2.24) is 9.55 Å². The number of hydrogen-bond donors (Lipinski definition) is 1. The van der Waals surface area contributed by atoms with Crippen LogP contribution in [0.1, 0.15) is 21.7 Å². The maximum atomic E-state index is 12.6. The fourth-order valence-corrected chi connectivity index (χ4v) is 3.29. The Morgan fingerprint density at radius 3 is 2.68 bits per heavy atom. The summed E-state index contributed by atoms with van der Waals surface area (Å²) in [6.07, 6.45) is 5.12. The number of anilines is 1. The summed E-state index contributed by atoms with van der Waals surface area (Å²) in [5, 5.41) is 2.84. The van der Waals surface area contributed by atoms with E-state index in [1.165, 1.54) is 0 Å². The largest absolute Gasteiger partial charge is 0.488 e. The summed E-state index contributed by atoms with van der Waals surface area (Å²) >= 11 is 3.42. The molecule has 2 aromatic carbocycles. The molecule has 0 atom stereocenters. The number of halogens is 1. The molecule has 140 valence electrons. The van der Waals surface area contributed by atoms with E-state index in [0.29, 0.717) is 22.6 Å². The van der Waals surface area contributed by atoms with E-state index in [4.69, 9.17) is 4.74 Å². The number of carbonyl (C=O) groups excluding carboxylic acids is 2. The monoisotopic (exact) mass is 437 g/mol. The normalized spacial score (nSPS) is 12.6. The highest BCUT2D eigenvalue weighted by Gasteiger charge is 2.18. The number of aryl methyl sites for hydroxylation is 1. The third-order valence-electron chi connectivity index (χ3n) is 4.41. The number of nitrogens with one attached hydrogen (secondary N) is 1. The summed E-state index contributed by atoms with van der Waals surface area (Å²) in [6.45, 7) is 0.205. The van der Waals surface area contributed by atoms with E-state index in [1.807, 2.05) is 24.3 Å². The Morgan fingerprint density at radius 2 is 1.96 bits per heavy atom. The Kier molecular flexibility index (Phi) is 4.83. The highest BCUT2D eigenvalue weighted by atomic mass is 79.9. The van der Waals surface area contributed by atoms with Crippen molar-refractivity contribution in [2.75, 3.05) is 11.9 Å². The zero-order valence-corrected chi connectivity index (χ0v) is 16.6. The molecule has 0 saturated heterocycles. The summed E-state index contributed by atoms with van der Waals surface area (Å²) in [4.78, 5) is 29.1. The first kappa shape index (κ1) is 18.2. The highest BCUT2D eigenvalue weighted by molar-refractivity contribution is 9.10. The molecule has 1 aromatic heterocycles. The number of rotatable bonds is 4. The molecule has 6 nitrogen and oxygen atoms in total. The number of carbonyl (C=O) groups is 2. The molecule has 0 fully saturated rings. The molecule has 4 rings (SSSR count). The Balaban J connectivity index is 1.48. The first-order valence-electron chi connectivity index (χ1n) is 8.57. The van der Waals surface area contributed by atoms with Crippen LogP contribution in [-0.4, -0.2) is 27.8 Å². The molecule has 0 unspecified atom stereocenters. The quantitative estimate of drug-likeness (QED) is 0.629. The van der Waals surface area contributed by atoms with E-state index in [1.54, 1.807) is 48.3 Å². The molecule has 1 aliphatic heterocycles. The number of imidazole rings is 1. The van der Waals surface area contributed by atoms with Gasteiger partial charge in [-0.25, -0.2) is 4.98 Å². The second-order valence-electron chi connectivity index (χ2n) is 6.36. The van der Waals surface area contributed by atoms with Crippen LogP contribution in [0.5, 0.6) is 5.75 Å². The van der Waals surface area contributed by atoms with Gasteiger partial charge < -0.3 is 14.6 Å². The van der Waals surface area contributed by atoms with Gasteiger partial charge in [0.15, 0.2) is 5.82 Å². The van der Waals surface area contributed by atoms with Crippen LogP contribution >= 0.6 is 15.9 Å². The maximum absolute atomic E-state index is 12.6. The van der Waals surface area contributed by atoms with Gasteiger partial charge in [-0.05, 0) is 48.5 Å². The Bertz CT molecular complexity index is 1100. The summed E-state index contributed by atoms with van der Waals surface area (Å²) in [5.74, 6) is 0.702. The highest BCUT2D eigenvalue weighted by Crippen LogP contribution is 2.29. The van der Waals surface area contributed by atoms with Crippen LogP contribution in [0.2, 0.25) is 0 Å². The van der Waals surface area contributed by atoms with Crippen LogP contribution in [0.25, 0.3) is 6.08 Å². The predicted molar refractivity (Wildman–Crippen MR) is 109 cm³/mol.